The van der Waals surface area contributed by atoms with E-state index >= 15 is 0 Å². The number of hydrogen-bond donors (Lipinski definition) is 1. The van der Waals surface area contributed by atoms with Crippen LogP contribution in [0.4, 0.5) is 0 Å². The van der Waals surface area contributed by atoms with Gasteiger partial charge in [-0.2, -0.15) is 0 Å². The SMILES string of the molecule is CCCC(=O)NCCCc1nc2ccccc2n1CC(C)C. The van der Waals surface area contributed by atoms with Crippen LogP contribution in [0.3, 0.4) is 0 Å². The van der Waals surface area contributed by atoms with Crippen LogP contribution in [0, 0.1) is 5.92 Å². The zero-order valence-corrected chi connectivity index (χ0v) is 13.9. The van der Waals surface area contributed by atoms with Crippen LogP contribution >= 0.6 is 0 Å². The number of hydrogen-bond acceptors (Lipinski definition) is 2. The van der Waals surface area contributed by atoms with Crippen molar-refractivity contribution in [3.05, 3.63) is 30.1 Å². The van der Waals surface area contributed by atoms with E-state index in [2.05, 4.69) is 41.9 Å². The molecular formula is C18H27N3O. The maximum Gasteiger partial charge on any atom is 0.219 e. The standard InChI is InChI=1S/C18H27N3O/c1-4-8-18(22)19-12-7-11-17-20-15-9-5-6-10-16(15)21(17)13-14(2)3/h5-6,9-10,14H,4,7-8,11-13H2,1-3H3,(H,19,22). The van der Waals surface area contributed by atoms with Crippen LogP contribution in [-0.2, 0) is 17.8 Å². The molecule has 0 aliphatic heterocycles. The van der Waals surface area contributed by atoms with Gasteiger partial charge in [0.05, 0.1) is 11.0 Å². The maximum absolute atomic E-state index is 11.5. The molecule has 2 rings (SSSR count). The highest BCUT2D eigenvalue weighted by molar-refractivity contribution is 5.76. The van der Waals surface area contributed by atoms with Crippen molar-refractivity contribution in [1.29, 1.82) is 0 Å². The summed E-state index contributed by atoms with van der Waals surface area (Å²) in [6.07, 6.45) is 3.34. The van der Waals surface area contributed by atoms with Gasteiger partial charge in [-0.1, -0.05) is 32.9 Å². The Balaban J connectivity index is 2.02. The summed E-state index contributed by atoms with van der Waals surface area (Å²) in [6, 6.07) is 8.30. The van der Waals surface area contributed by atoms with Crippen molar-refractivity contribution in [2.45, 2.75) is 53.0 Å². The number of nitrogens with zero attached hydrogens (tertiary/aromatic N) is 2. The minimum atomic E-state index is 0.151. The zero-order chi connectivity index (χ0) is 15.9. The number of nitrogens with one attached hydrogen (secondary N) is 1. The van der Waals surface area contributed by atoms with Gasteiger partial charge in [0.2, 0.25) is 5.91 Å². The number of aromatic nitrogens is 2. The zero-order valence-electron chi connectivity index (χ0n) is 13.9. The van der Waals surface area contributed by atoms with E-state index in [1.807, 2.05) is 13.0 Å². The number of benzene rings is 1. The van der Waals surface area contributed by atoms with Crippen LogP contribution in [0.5, 0.6) is 0 Å². The molecule has 2 aromatic rings. The number of fused-ring (bicyclic) bond motifs is 1. The van der Waals surface area contributed by atoms with Gasteiger partial charge in [-0.3, -0.25) is 4.79 Å². The summed E-state index contributed by atoms with van der Waals surface area (Å²) in [4.78, 5) is 16.2. The smallest absolute Gasteiger partial charge is 0.219 e. The second-order valence-electron chi connectivity index (χ2n) is 6.22. The quantitative estimate of drug-likeness (QED) is 0.758. The van der Waals surface area contributed by atoms with Crippen LogP contribution in [0.25, 0.3) is 11.0 Å². The van der Waals surface area contributed by atoms with Gasteiger partial charge in [0.1, 0.15) is 5.82 Å². The van der Waals surface area contributed by atoms with E-state index in [1.165, 1.54) is 5.52 Å². The first-order chi connectivity index (χ1) is 10.6. The predicted octanol–water partition coefficient (Wildman–Crippen LogP) is 3.54. The number of para-hydroxylation sites is 2. The molecule has 0 bridgehead atoms. The van der Waals surface area contributed by atoms with Gasteiger partial charge in [-0.25, -0.2) is 4.98 Å². The minimum absolute atomic E-state index is 0.151. The Morgan fingerprint density at radius 1 is 1.32 bits per heavy atom. The first kappa shape index (κ1) is 16.5. The van der Waals surface area contributed by atoms with Gasteiger partial charge in [0.15, 0.2) is 0 Å². The summed E-state index contributed by atoms with van der Waals surface area (Å²) >= 11 is 0. The van der Waals surface area contributed by atoms with Gasteiger partial charge < -0.3 is 9.88 Å². The molecule has 0 aliphatic rings. The summed E-state index contributed by atoms with van der Waals surface area (Å²) < 4.78 is 2.33. The molecular weight excluding hydrogens is 274 g/mol. The number of amides is 1. The summed E-state index contributed by atoms with van der Waals surface area (Å²) in [6.45, 7) is 8.18. The lowest BCUT2D eigenvalue weighted by atomic mass is 10.2. The predicted molar refractivity (Wildman–Crippen MR) is 90.8 cm³/mol. The van der Waals surface area contributed by atoms with Gasteiger partial charge in [0.25, 0.3) is 0 Å². The molecule has 4 heteroatoms. The van der Waals surface area contributed by atoms with Crippen molar-refractivity contribution in [2.24, 2.45) is 5.92 Å². The lowest BCUT2D eigenvalue weighted by Crippen LogP contribution is -2.24. The molecule has 0 saturated heterocycles. The van der Waals surface area contributed by atoms with Crippen molar-refractivity contribution in [3.63, 3.8) is 0 Å². The summed E-state index contributed by atoms with van der Waals surface area (Å²) in [5.74, 6) is 1.86. The molecule has 0 saturated carbocycles. The molecule has 22 heavy (non-hydrogen) atoms. The highest BCUT2D eigenvalue weighted by Crippen LogP contribution is 2.18. The van der Waals surface area contributed by atoms with Crippen LogP contribution in [0.15, 0.2) is 24.3 Å². The van der Waals surface area contributed by atoms with Crippen molar-refractivity contribution in [1.82, 2.24) is 14.9 Å². The fourth-order valence-electron chi connectivity index (χ4n) is 2.67. The molecule has 0 fully saturated rings. The second-order valence-corrected chi connectivity index (χ2v) is 6.22. The Hall–Kier alpha value is -1.84. The summed E-state index contributed by atoms with van der Waals surface area (Å²) in [7, 11) is 0. The van der Waals surface area contributed by atoms with E-state index in [0.29, 0.717) is 12.3 Å². The Kier molecular flexibility index (Phi) is 5.99. The molecule has 0 aliphatic carbocycles. The van der Waals surface area contributed by atoms with E-state index in [4.69, 9.17) is 4.98 Å². The first-order valence-electron chi connectivity index (χ1n) is 8.32. The second kappa shape index (κ2) is 7.97. The maximum atomic E-state index is 11.5. The molecule has 4 nitrogen and oxygen atoms in total. The first-order valence-corrected chi connectivity index (χ1v) is 8.32. The van der Waals surface area contributed by atoms with E-state index < -0.39 is 0 Å². The summed E-state index contributed by atoms with van der Waals surface area (Å²) in [5, 5.41) is 2.97. The van der Waals surface area contributed by atoms with Crippen LogP contribution < -0.4 is 5.32 Å². The Labute approximate surface area is 132 Å². The number of imidazole rings is 1. The molecule has 0 radical (unpaired) electrons. The molecule has 0 spiro atoms. The molecule has 0 atom stereocenters. The van der Waals surface area contributed by atoms with Crippen molar-refractivity contribution < 1.29 is 4.79 Å². The molecule has 1 heterocycles. The van der Waals surface area contributed by atoms with Gasteiger partial charge in [-0.15, -0.1) is 0 Å². The highest BCUT2D eigenvalue weighted by Gasteiger charge is 2.11. The largest absolute Gasteiger partial charge is 0.356 e. The molecule has 120 valence electrons. The monoisotopic (exact) mass is 301 g/mol. The van der Waals surface area contributed by atoms with Gasteiger partial charge in [0, 0.05) is 25.9 Å². The molecule has 0 unspecified atom stereocenters. The molecule has 1 N–H and O–H groups in total. The number of carbonyl (C=O) groups is 1. The number of rotatable bonds is 8. The third-order valence-electron chi connectivity index (χ3n) is 3.66. The normalized spacial score (nSPS) is 11.3. The van der Waals surface area contributed by atoms with Crippen LogP contribution in [0.1, 0.15) is 45.9 Å². The topological polar surface area (TPSA) is 46.9 Å². The minimum Gasteiger partial charge on any atom is -0.356 e. The number of carbonyl (C=O) groups excluding carboxylic acids is 1. The Morgan fingerprint density at radius 3 is 2.82 bits per heavy atom. The van der Waals surface area contributed by atoms with E-state index in [0.717, 1.165) is 43.7 Å². The third-order valence-corrected chi connectivity index (χ3v) is 3.66. The van der Waals surface area contributed by atoms with Crippen molar-refractivity contribution in [2.75, 3.05) is 6.54 Å². The van der Waals surface area contributed by atoms with E-state index in [1.54, 1.807) is 0 Å². The Morgan fingerprint density at radius 2 is 2.09 bits per heavy atom. The summed E-state index contributed by atoms with van der Waals surface area (Å²) in [5.41, 5.74) is 2.27. The average Bonchev–Trinajstić information content (AvgIpc) is 2.81. The lowest BCUT2D eigenvalue weighted by molar-refractivity contribution is -0.121. The Bertz CT molecular complexity index is 616. The van der Waals surface area contributed by atoms with Crippen LogP contribution in [0.2, 0.25) is 0 Å². The lowest BCUT2D eigenvalue weighted by Gasteiger charge is -2.12. The van der Waals surface area contributed by atoms with E-state index in [9.17, 15) is 4.79 Å². The van der Waals surface area contributed by atoms with E-state index in [-0.39, 0.29) is 5.91 Å². The van der Waals surface area contributed by atoms with Crippen molar-refractivity contribution >= 4 is 16.9 Å². The van der Waals surface area contributed by atoms with Crippen LogP contribution in [-0.4, -0.2) is 22.0 Å². The third kappa shape index (κ3) is 4.33. The number of aryl methyl sites for hydroxylation is 1. The molecule has 1 aromatic heterocycles. The molecule has 1 amide bonds. The van der Waals surface area contributed by atoms with Gasteiger partial charge >= 0.3 is 0 Å². The highest BCUT2D eigenvalue weighted by atomic mass is 16.1. The van der Waals surface area contributed by atoms with Gasteiger partial charge in [-0.05, 0) is 30.9 Å². The fourth-order valence-corrected chi connectivity index (χ4v) is 2.67. The molecule has 1 aromatic carbocycles. The average molecular weight is 301 g/mol. The van der Waals surface area contributed by atoms with Crippen molar-refractivity contribution in [3.8, 4) is 0 Å². The fraction of sp³-hybridized carbons (Fsp3) is 0.556.